The highest BCUT2D eigenvalue weighted by Crippen LogP contribution is 2.07. The molecular formula is C13H20N4. The minimum absolute atomic E-state index is 0.797. The number of rotatable bonds is 4. The van der Waals surface area contributed by atoms with Crippen molar-refractivity contribution in [3.05, 3.63) is 41.0 Å². The van der Waals surface area contributed by atoms with Crippen molar-refractivity contribution in [1.29, 1.82) is 0 Å². The lowest BCUT2D eigenvalue weighted by Gasteiger charge is -2.13. The second-order valence-corrected chi connectivity index (χ2v) is 4.38. The Morgan fingerprint density at radius 2 is 1.82 bits per heavy atom. The van der Waals surface area contributed by atoms with E-state index in [0.717, 1.165) is 18.8 Å². The molecule has 0 spiro atoms. The molecule has 0 bridgehead atoms. The van der Waals surface area contributed by atoms with Crippen LogP contribution in [0, 0.1) is 20.8 Å². The van der Waals surface area contributed by atoms with Crippen LogP contribution in [-0.4, -0.2) is 14.5 Å². The molecule has 0 saturated heterocycles. The molecule has 0 aliphatic rings. The molecular weight excluding hydrogens is 212 g/mol. The predicted octanol–water partition coefficient (Wildman–Crippen LogP) is 2.37. The Labute approximate surface area is 102 Å². The molecule has 1 N–H and O–H groups in total. The van der Waals surface area contributed by atoms with Crippen LogP contribution in [0.1, 0.15) is 29.7 Å². The number of aromatic nitrogens is 3. The fourth-order valence-corrected chi connectivity index (χ4v) is 2.09. The number of hydrogen-bond donors (Lipinski definition) is 1. The summed E-state index contributed by atoms with van der Waals surface area (Å²) in [6.07, 6.45) is 0. The van der Waals surface area contributed by atoms with E-state index in [4.69, 9.17) is 0 Å². The van der Waals surface area contributed by atoms with Gasteiger partial charge >= 0.3 is 0 Å². The number of nitrogens with one attached hydrogen (secondary N) is 1. The summed E-state index contributed by atoms with van der Waals surface area (Å²) in [6.45, 7) is 10.0. The van der Waals surface area contributed by atoms with Gasteiger partial charge < -0.3 is 5.43 Å². The first-order valence-electron chi connectivity index (χ1n) is 6.04. The predicted molar refractivity (Wildman–Crippen MR) is 69.6 cm³/mol. The van der Waals surface area contributed by atoms with Crippen molar-refractivity contribution in [3.63, 3.8) is 0 Å². The summed E-state index contributed by atoms with van der Waals surface area (Å²) in [5.41, 5.74) is 8.16. The Morgan fingerprint density at radius 1 is 1.18 bits per heavy atom. The standard InChI is InChI=1S/C13H20N4/c1-5-16-13(8-10(2)15-16)9-14-17-11(3)6-7-12(17)4/h6-8,14H,5,9H2,1-4H3. The summed E-state index contributed by atoms with van der Waals surface area (Å²) < 4.78 is 4.15. The van der Waals surface area contributed by atoms with Crippen LogP contribution in [0.5, 0.6) is 0 Å². The highest BCUT2D eigenvalue weighted by atomic mass is 15.4. The molecule has 4 heteroatoms. The topological polar surface area (TPSA) is 34.8 Å². The van der Waals surface area contributed by atoms with Crippen LogP contribution in [0.25, 0.3) is 0 Å². The first-order chi connectivity index (χ1) is 8.11. The van der Waals surface area contributed by atoms with Gasteiger partial charge in [-0.3, -0.25) is 9.36 Å². The number of hydrogen-bond acceptors (Lipinski definition) is 2. The van der Waals surface area contributed by atoms with Crippen LogP contribution in [-0.2, 0) is 13.1 Å². The molecule has 0 fully saturated rings. The molecule has 2 aromatic rings. The van der Waals surface area contributed by atoms with Gasteiger partial charge in [0.15, 0.2) is 0 Å². The van der Waals surface area contributed by atoms with Crippen molar-refractivity contribution in [1.82, 2.24) is 14.5 Å². The average Bonchev–Trinajstić information content (AvgIpc) is 2.81. The lowest BCUT2D eigenvalue weighted by Crippen LogP contribution is -2.19. The average molecular weight is 232 g/mol. The molecule has 17 heavy (non-hydrogen) atoms. The molecule has 0 atom stereocenters. The molecule has 2 heterocycles. The third kappa shape index (κ3) is 2.35. The maximum absolute atomic E-state index is 4.44. The van der Waals surface area contributed by atoms with E-state index in [2.05, 4.69) is 54.2 Å². The van der Waals surface area contributed by atoms with E-state index >= 15 is 0 Å². The molecule has 2 rings (SSSR count). The van der Waals surface area contributed by atoms with Gasteiger partial charge in [0.25, 0.3) is 0 Å². The lowest BCUT2D eigenvalue weighted by molar-refractivity contribution is 0.612. The van der Waals surface area contributed by atoms with Crippen LogP contribution in [0.3, 0.4) is 0 Å². The zero-order valence-electron chi connectivity index (χ0n) is 11.0. The highest BCUT2D eigenvalue weighted by Gasteiger charge is 2.05. The molecule has 0 saturated carbocycles. The Balaban J connectivity index is 2.12. The summed E-state index contributed by atoms with van der Waals surface area (Å²) in [6, 6.07) is 6.36. The van der Waals surface area contributed by atoms with E-state index in [1.165, 1.54) is 17.1 Å². The van der Waals surface area contributed by atoms with Crippen molar-refractivity contribution in [3.8, 4) is 0 Å². The largest absolute Gasteiger partial charge is 0.320 e. The molecule has 0 unspecified atom stereocenters. The fraction of sp³-hybridized carbons (Fsp3) is 0.462. The molecule has 4 nitrogen and oxygen atoms in total. The molecule has 0 radical (unpaired) electrons. The molecule has 0 aromatic carbocycles. The Bertz CT molecular complexity index is 488. The Morgan fingerprint density at radius 3 is 2.41 bits per heavy atom. The first kappa shape index (κ1) is 11.8. The molecule has 0 aliphatic carbocycles. The maximum Gasteiger partial charge on any atom is 0.0733 e. The number of nitrogens with zero attached hydrogens (tertiary/aromatic N) is 3. The van der Waals surface area contributed by atoms with Crippen molar-refractivity contribution in [2.24, 2.45) is 0 Å². The van der Waals surface area contributed by atoms with Crippen LogP contribution in [0.2, 0.25) is 0 Å². The minimum atomic E-state index is 0.797. The SMILES string of the molecule is CCn1nc(C)cc1CNn1c(C)ccc1C. The Hall–Kier alpha value is -1.71. The minimum Gasteiger partial charge on any atom is -0.320 e. The van der Waals surface area contributed by atoms with Gasteiger partial charge in [-0.25, -0.2) is 0 Å². The summed E-state index contributed by atoms with van der Waals surface area (Å²) in [4.78, 5) is 0. The van der Waals surface area contributed by atoms with Gasteiger partial charge in [-0.2, -0.15) is 5.10 Å². The lowest BCUT2D eigenvalue weighted by atomic mass is 10.4. The smallest absolute Gasteiger partial charge is 0.0733 e. The van der Waals surface area contributed by atoms with Crippen molar-refractivity contribution < 1.29 is 0 Å². The third-order valence-corrected chi connectivity index (χ3v) is 2.97. The summed E-state index contributed by atoms with van der Waals surface area (Å²) in [5.74, 6) is 0. The second kappa shape index (κ2) is 4.65. The second-order valence-electron chi connectivity index (χ2n) is 4.38. The van der Waals surface area contributed by atoms with Crippen molar-refractivity contribution >= 4 is 0 Å². The van der Waals surface area contributed by atoms with Gasteiger partial charge in [-0.1, -0.05) is 0 Å². The van der Waals surface area contributed by atoms with E-state index < -0.39 is 0 Å². The van der Waals surface area contributed by atoms with E-state index in [-0.39, 0.29) is 0 Å². The van der Waals surface area contributed by atoms with Gasteiger partial charge in [-0.05, 0) is 45.9 Å². The zero-order valence-corrected chi connectivity index (χ0v) is 11.0. The molecule has 0 amide bonds. The van der Waals surface area contributed by atoms with Crippen molar-refractivity contribution in [2.45, 2.75) is 40.8 Å². The normalized spacial score (nSPS) is 10.8. The third-order valence-electron chi connectivity index (χ3n) is 2.97. The monoisotopic (exact) mass is 232 g/mol. The van der Waals surface area contributed by atoms with E-state index in [9.17, 15) is 0 Å². The van der Waals surface area contributed by atoms with E-state index in [1.54, 1.807) is 0 Å². The van der Waals surface area contributed by atoms with Crippen molar-refractivity contribution in [2.75, 3.05) is 5.43 Å². The number of aryl methyl sites for hydroxylation is 4. The van der Waals surface area contributed by atoms with Crippen LogP contribution < -0.4 is 5.43 Å². The quantitative estimate of drug-likeness (QED) is 0.878. The summed E-state index contributed by atoms with van der Waals surface area (Å²) in [5, 5.41) is 4.44. The van der Waals surface area contributed by atoms with Crippen LogP contribution in [0.15, 0.2) is 18.2 Å². The Kier molecular flexibility index (Phi) is 3.22. The molecule has 2 aromatic heterocycles. The first-order valence-corrected chi connectivity index (χ1v) is 6.04. The maximum atomic E-state index is 4.44. The molecule has 92 valence electrons. The van der Waals surface area contributed by atoms with Crippen LogP contribution in [0.4, 0.5) is 0 Å². The van der Waals surface area contributed by atoms with Crippen LogP contribution >= 0.6 is 0 Å². The van der Waals surface area contributed by atoms with Gasteiger partial charge in [0, 0.05) is 17.9 Å². The van der Waals surface area contributed by atoms with E-state index in [0.29, 0.717) is 0 Å². The fourth-order valence-electron chi connectivity index (χ4n) is 2.09. The van der Waals surface area contributed by atoms with E-state index in [1.807, 2.05) is 11.6 Å². The highest BCUT2D eigenvalue weighted by molar-refractivity contribution is 5.17. The summed E-state index contributed by atoms with van der Waals surface area (Å²) >= 11 is 0. The van der Waals surface area contributed by atoms with Gasteiger partial charge in [0.2, 0.25) is 0 Å². The van der Waals surface area contributed by atoms with Gasteiger partial charge in [0.1, 0.15) is 0 Å². The summed E-state index contributed by atoms with van der Waals surface area (Å²) in [7, 11) is 0. The zero-order chi connectivity index (χ0) is 12.4. The van der Waals surface area contributed by atoms with Gasteiger partial charge in [0.05, 0.1) is 17.9 Å². The molecule has 0 aliphatic heterocycles. The van der Waals surface area contributed by atoms with Gasteiger partial charge in [-0.15, -0.1) is 0 Å².